The molecule has 332 valence electrons. The second kappa shape index (κ2) is 42.1. The van der Waals surface area contributed by atoms with Gasteiger partial charge in [0.25, 0.3) is 0 Å². The van der Waals surface area contributed by atoms with Gasteiger partial charge in [0.05, 0.1) is 37.6 Å². The number of hydrogen-bond acceptors (Lipinski definition) is 8. The zero-order chi connectivity index (χ0) is 42.3. The van der Waals surface area contributed by atoms with Crippen molar-refractivity contribution in [2.45, 2.75) is 231 Å². The SMILES string of the molecule is CCCCCCCC(O)CCCCCCC(CCC(=O)[O-])OCc1ccccc1.CCCCCCCC(O)CCCCCCC(CCC(=O)[O-])OCc1ccccc1.[Ba+2]. The largest absolute Gasteiger partial charge is 2.00 e. The van der Waals surface area contributed by atoms with Crippen molar-refractivity contribution < 1.29 is 39.5 Å². The molecule has 59 heavy (non-hydrogen) atoms. The molecule has 2 rings (SSSR count). The number of carbonyl (C=O) groups is 2. The average molecular weight is 949 g/mol. The fourth-order valence-corrected chi connectivity index (χ4v) is 7.22. The molecule has 2 N–H and O–H groups in total. The Morgan fingerprint density at radius 2 is 0.746 bits per heavy atom. The van der Waals surface area contributed by atoms with Crippen LogP contribution in [0.1, 0.15) is 205 Å². The van der Waals surface area contributed by atoms with Crippen LogP contribution in [0.2, 0.25) is 0 Å². The van der Waals surface area contributed by atoms with Crippen molar-refractivity contribution >= 4 is 60.8 Å². The van der Waals surface area contributed by atoms with Crippen LogP contribution in [0.3, 0.4) is 0 Å². The summed E-state index contributed by atoms with van der Waals surface area (Å²) in [6.45, 7) is 5.47. The summed E-state index contributed by atoms with van der Waals surface area (Å²) in [4.78, 5) is 21.6. The first-order chi connectivity index (χ1) is 28.2. The summed E-state index contributed by atoms with van der Waals surface area (Å²) in [5.41, 5.74) is 2.21. The third-order valence-electron chi connectivity index (χ3n) is 10.9. The van der Waals surface area contributed by atoms with Gasteiger partial charge in [-0.2, -0.15) is 0 Å². The van der Waals surface area contributed by atoms with Gasteiger partial charge in [-0.1, -0.05) is 190 Å². The number of aliphatic hydroxyl groups excluding tert-OH is 2. The minimum atomic E-state index is -1.01. The first-order valence-corrected chi connectivity index (χ1v) is 23.3. The van der Waals surface area contributed by atoms with Gasteiger partial charge in [0.2, 0.25) is 0 Å². The topological polar surface area (TPSA) is 139 Å². The molecule has 8 nitrogen and oxygen atoms in total. The molecule has 0 aliphatic carbocycles. The zero-order valence-electron chi connectivity index (χ0n) is 37.3. The molecule has 2 aromatic carbocycles. The van der Waals surface area contributed by atoms with Crippen LogP contribution in [0.15, 0.2) is 60.7 Å². The Labute approximate surface area is 400 Å². The number of benzene rings is 2. The zero-order valence-corrected chi connectivity index (χ0v) is 41.8. The average Bonchev–Trinajstić information content (AvgIpc) is 3.22. The van der Waals surface area contributed by atoms with E-state index in [2.05, 4.69) is 13.8 Å². The molecule has 0 aliphatic rings. The molecule has 0 saturated heterocycles. The number of unbranched alkanes of at least 4 members (excludes halogenated alkanes) is 14. The Morgan fingerprint density at radius 3 is 1.03 bits per heavy atom. The Kier molecular flexibility index (Phi) is 41.2. The predicted molar refractivity (Wildman–Crippen MR) is 238 cm³/mol. The maximum atomic E-state index is 10.8. The van der Waals surface area contributed by atoms with E-state index in [9.17, 15) is 30.0 Å². The minimum Gasteiger partial charge on any atom is -0.550 e. The molecule has 2 aromatic rings. The van der Waals surface area contributed by atoms with Gasteiger partial charge in [0.15, 0.2) is 0 Å². The minimum absolute atomic E-state index is 0. The molecule has 0 radical (unpaired) electrons. The van der Waals surface area contributed by atoms with Crippen LogP contribution < -0.4 is 10.2 Å². The molecule has 0 spiro atoms. The molecule has 0 saturated carbocycles. The van der Waals surface area contributed by atoms with Crippen LogP contribution in [0.25, 0.3) is 0 Å². The van der Waals surface area contributed by atoms with Crippen molar-refractivity contribution in [3.05, 3.63) is 71.8 Å². The van der Waals surface area contributed by atoms with Crippen molar-refractivity contribution in [2.75, 3.05) is 0 Å². The van der Waals surface area contributed by atoms with Gasteiger partial charge >= 0.3 is 48.9 Å². The standard InChI is InChI=1S/2C25H42O4.Ba/c2*1-2-3-4-5-11-16-23(26)17-12-6-7-13-18-24(19-20-25(27)28)29-21-22-14-9-8-10-15-22;/h2*8-10,14-15,23-24,26H,2-7,11-13,16-21H2,1H3,(H,27,28);/q;;+2/p-2. The van der Waals surface area contributed by atoms with E-state index in [1.807, 2.05) is 60.7 Å². The second-order valence-electron chi connectivity index (χ2n) is 16.4. The molecule has 4 unspecified atom stereocenters. The Hall–Kier alpha value is -1.21. The molecular weight excluding hydrogens is 866 g/mol. The van der Waals surface area contributed by atoms with Gasteiger partial charge in [0.1, 0.15) is 0 Å². The summed E-state index contributed by atoms with van der Waals surface area (Å²) >= 11 is 0. The number of aliphatic carboxylic acids is 2. The summed E-state index contributed by atoms with van der Waals surface area (Å²) in [5.74, 6) is -2.02. The van der Waals surface area contributed by atoms with Crippen LogP contribution >= 0.6 is 0 Å². The molecule has 0 aliphatic heterocycles. The van der Waals surface area contributed by atoms with E-state index in [0.717, 1.165) is 114 Å². The molecule has 0 heterocycles. The predicted octanol–water partition coefficient (Wildman–Crippen LogP) is 9.95. The van der Waals surface area contributed by atoms with Crippen molar-refractivity contribution in [1.29, 1.82) is 0 Å². The Balaban J connectivity index is 0.00000112. The van der Waals surface area contributed by atoms with Crippen molar-refractivity contribution in [2.24, 2.45) is 0 Å². The third-order valence-corrected chi connectivity index (χ3v) is 10.9. The monoisotopic (exact) mass is 949 g/mol. The number of carboxylic acids is 2. The molecule has 4 atom stereocenters. The molecule has 0 fully saturated rings. The first kappa shape index (κ1) is 57.8. The molecular formula is C50H82BaO8. The number of aliphatic hydroxyl groups is 2. The van der Waals surface area contributed by atoms with Gasteiger partial charge in [-0.3, -0.25) is 0 Å². The quantitative estimate of drug-likeness (QED) is 0.0501. The molecule has 0 aromatic heterocycles. The fourth-order valence-electron chi connectivity index (χ4n) is 7.22. The smallest absolute Gasteiger partial charge is 0.550 e. The van der Waals surface area contributed by atoms with Crippen LogP contribution in [0.4, 0.5) is 0 Å². The van der Waals surface area contributed by atoms with E-state index < -0.39 is 11.9 Å². The van der Waals surface area contributed by atoms with Crippen LogP contribution in [-0.4, -0.2) is 95.4 Å². The van der Waals surface area contributed by atoms with Gasteiger partial charge in [-0.25, -0.2) is 0 Å². The molecule has 0 bridgehead atoms. The number of hydrogen-bond donors (Lipinski definition) is 2. The summed E-state index contributed by atoms with van der Waals surface area (Å²) in [6.07, 6.45) is 27.2. The van der Waals surface area contributed by atoms with Gasteiger partial charge in [-0.05, 0) is 75.3 Å². The molecule has 0 amide bonds. The van der Waals surface area contributed by atoms with Gasteiger partial charge in [-0.15, -0.1) is 0 Å². The van der Waals surface area contributed by atoms with E-state index in [0.29, 0.717) is 26.1 Å². The number of ether oxygens (including phenoxy) is 2. The summed E-state index contributed by atoms with van der Waals surface area (Å²) in [7, 11) is 0. The number of rotatable bonds is 38. The van der Waals surface area contributed by atoms with E-state index >= 15 is 0 Å². The van der Waals surface area contributed by atoms with E-state index in [4.69, 9.17) is 9.47 Å². The Morgan fingerprint density at radius 1 is 0.458 bits per heavy atom. The van der Waals surface area contributed by atoms with Crippen molar-refractivity contribution in [1.82, 2.24) is 0 Å². The normalized spacial score (nSPS) is 13.1. The van der Waals surface area contributed by atoms with Gasteiger partial charge < -0.3 is 39.5 Å². The van der Waals surface area contributed by atoms with Gasteiger partial charge in [0, 0.05) is 11.9 Å². The van der Waals surface area contributed by atoms with Crippen molar-refractivity contribution in [3.8, 4) is 0 Å². The number of carboxylic acid groups (broad SMARTS) is 2. The fraction of sp³-hybridized carbons (Fsp3) is 0.720. The summed E-state index contributed by atoms with van der Waals surface area (Å²) in [6, 6.07) is 19.9. The van der Waals surface area contributed by atoms with E-state index in [1.54, 1.807) is 0 Å². The maximum absolute atomic E-state index is 10.8. The van der Waals surface area contributed by atoms with Crippen LogP contribution in [0, 0.1) is 0 Å². The summed E-state index contributed by atoms with van der Waals surface area (Å²) < 4.78 is 11.9. The van der Waals surface area contributed by atoms with Crippen molar-refractivity contribution in [3.63, 3.8) is 0 Å². The molecule has 9 heteroatoms. The van der Waals surface area contributed by atoms with Crippen LogP contribution in [-0.2, 0) is 32.3 Å². The summed E-state index contributed by atoms with van der Waals surface area (Å²) in [5, 5.41) is 41.7. The maximum Gasteiger partial charge on any atom is 2.00 e. The van der Waals surface area contributed by atoms with Crippen LogP contribution in [0.5, 0.6) is 0 Å². The second-order valence-corrected chi connectivity index (χ2v) is 16.4. The van der Waals surface area contributed by atoms with E-state index in [1.165, 1.54) is 51.4 Å². The third kappa shape index (κ3) is 38.2. The first-order valence-electron chi connectivity index (χ1n) is 23.3. The number of carbonyl (C=O) groups excluding carboxylic acids is 2. The van der Waals surface area contributed by atoms with E-state index in [-0.39, 0.29) is 86.1 Å². The Bertz CT molecular complexity index is 1110.